The Morgan fingerprint density at radius 2 is 2.18 bits per heavy atom. The second kappa shape index (κ2) is 4.62. The van der Waals surface area contributed by atoms with E-state index in [1.165, 1.54) is 5.56 Å². The Bertz CT molecular complexity index is 489. The summed E-state index contributed by atoms with van der Waals surface area (Å²) in [6.45, 7) is 5.79. The van der Waals surface area contributed by atoms with Crippen LogP contribution in [-0.4, -0.2) is 16.0 Å². The van der Waals surface area contributed by atoms with Crippen molar-refractivity contribution in [3.63, 3.8) is 0 Å². The number of aromatic hydroxyl groups is 1. The van der Waals surface area contributed by atoms with E-state index < -0.39 is 0 Å². The highest BCUT2D eigenvalue weighted by Gasteiger charge is 2.26. The quantitative estimate of drug-likeness (QED) is 0.477. The summed E-state index contributed by atoms with van der Waals surface area (Å²) < 4.78 is 0. The molecule has 0 unspecified atom stereocenters. The van der Waals surface area contributed by atoms with E-state index in [1.54, 1.807) is 6.08 Å². The van der Waals surface area contributed by atoms with Gasteiger partial charge in [-0.05, 0) is 42.4 Å². The first-order chi connectivity index (χ1) is 8.22. The van der Waals surface area contributed by atoms with Crippen LogP contribution in [-0.2, 0) is 19.3 Å². The summed E-state index contributed by atoms with van der Waals surface area (Å²) in [6.07, 6.45) is 4.87. The molecule has 0 aliphatic heterocycles. The van der Waals surface area contributed by atoms with Crippen molar-refractivity contribution in [1.82, 2.24) is 0 Å². The van der Waals surface area contributed by atoms with Gasteiger partial charge in [0, 0.05) is 5.56 Å². The van der Waals surface area contributed by atoms with E-state index in [1.807, 2.05) is 6.07 Å². The maximum Gasteiger partial charge on any atom is 0.128 e. The zero-order valence-electron chi connectivity index (χ0n) is 10.0. The molecule has 2 rings (SSSR count). The summed E-state index contributed by atoms with van der Waals surface area (Å²) in [7, 11) is 0. The minimum atomic E-state index is 0.252. The molecular formula is C14H17NO2. The molecule has 0 amide bonds. The van der Waals surface area contributed by atoms with Gasteiger partial charge in [0.2, 0.25) is 0 Å². The molecule has 90 valence electrons. The van der Waals surface area contributed by atoms with Gasteiger partial charge in [-0.1, -0.05) is 24.2 Å². The number of fused-ring (bicyclic) bond motifs is 1. The fraction of sp³-hybridized carbons (Fsp3) is 0.357. The van der Waals surface area contributed by atoms with Gasteiger partial charge in [-0.15, -0.1) is 6.58 Å². The van der Waals surface area contributed by atoms with Gasteiger partial charge >= 0.3 is 0 Å². The maximum atomic E-state index is 10.2. The van der Waals surface area contributed by atoms with Crippen molar-refractivity contribution in [3.8, 4) is 5.75 Å². The fourth-order valence-electron chi connectivity index (χ4n) is 2.52. The Morgan fingerprint density at radius 1 is 1.41 bits per heavy atom. The lowest BCUT2D eigenvalue weighted by Gasteiger charge is -2.12. The van der Waals surface area contributed by atoms with Crippen LogP contribution in [0.3, 0.4) is 0 Å². The second-order valence-electron chi connectivity index (χ2n) is 4.29. The van der Waals surface area contributed by atoms with Gasteiger partial charge in [0.15, 0.2) is 0 Å². The minimum Gasteiger partial charge on any atom is -0.507 e. The lowest BCUT2D eigenvalue weighted by Crippen LogP contribution is -2.00. The molecule has 0 radical (unpaired) electrons. The highest BCUT2D eigenvalue weighted by Crippen LogP contribution is 2.36. The van der Waals surface area contributed by atoms with Crippen molar-refractivity contribution in [1.29, 1.82) is 0 Å². The van der Waals surface area contributed by atoms with Crippen LogP contribution < -0.4 is 0 Å². The molecule has 0 fully saturated rings. The van der Waals surface area contributed by atoms with Gasteiger partial charge in [-0.3, -0.25) is 0 Å². The number of phenolic OH excluding ortho intramolecular Hbond substituents is 1. The highest BCUT2D eigenvalue weighted by molar-refractivity contribution is 6.07. The molecule has 0 bridgehead atoms. The van der Waals surface area contributed by atoms with Crippen LogP contribution in [0.1, 0.15) is 35.6 Å². The van der Waals surface area contributed by atoms with E-state index in [4.69, 9.17) is 5.21 Å². The summed E-state index contributed by atoms with van der Waals surface area (Å²) in [4.78, 5) is 0. The number of allylic oxidation sites excluding steroid dienone is 1. The summed E-state index contributed by atoms with van der Waals surface area (Å²) in [5.74, 6) is 0.252. The van der Waals surface area contributed by atoms with Crippen LogP contribution in [0.5, 0.6) is 5.75 Å². The number of oxime groups is 1. The van der Waals surface area contributed by atoms with E-state index in [-0.39, 0.29) is 5.75 Å². The average molecular weight is 231 g/mol. The van der Waals surface area contributed by atoms with E-state index in [9.17, 15) is 5.11 Å². The van der Waals surface area contributed by atoms with Crippen molar-refractivity contribution in [2.45, 2.75) is 32.6 Å². The van der Waals surface area contributed by atoms with Crippen molar-refractivity contribution in [2.75, 3.05) is 0 Å². The first kappa shape index (κ1) is 11.7. The Morgan fingerprint density at radius 3 is 2.76 bits per heavy atom. The number of nitrogens with zero attached hydrogens (tertiary/aromatic N) is 1. The number of benzene rings is 1. The molecule has 17 heavy (non-hydrogen) atoms. The monoisotopic (exact) mass is 231 g/mol. The number of hydrogen-bond donors (Lipinski definition) is 2. The average Bonchev–Trinajstić information content (AvgIpc) is 2.77. The van der Waals surface area contributed by atoms with Crippen LogP contribution in [0.25, 0.3) is 0 Å². The Hall–Kier alpha value is -1.77. The van der Waals surface area contributed by atoms with Gasteiger partial charge < -0.3 is 10.3 Å². The van der Waals surface area contributed by atoms with Crippen LogP contribution in [0, 0.1) is 0 Å². The van der Waals surface area contributed by atoms with Crippen LogP contribution in [0.4, 0.5) is 0 Å². The summed E-state index contributed by atoms with van der Waals surface area (Å²) in [5, 5.41) is 22.5. The van der Waals surface area contributed by atoms with Crippen molar-refractivity contribution >= 4 is 5.71 Å². The second-order valence-corrected chi connectivity index (χ2v) is 4.29. The summed E-state index contributed by atoms with van der Waals surface area (Å²) >= 11 is 0. The Balaban J connectivity index is 2.66. The molecule has 0 heterocycles. The molecule has 1 aromatic carbocycles. The van der Waals surface area contributed by atoms with E-state index in [0.717, 1.165) is 29.5 Å². The smallest absolute Gasteiger partial charge is 0.128 e. The van der Waals surface area contributed by atoms with E-state index in [2.05, 4.69) is 18.7 Å². The Kier molecular flexibility index (Phi) is 3.18. The molecule has 1 aromatic rings. The van der Waals surface area contributed by atoms with Crippen LogP contribution in [0.15, 0.2) is 23.9 Å². The highest BCUT2D eigenvalue weighted by atomic mass is 16.4. The summed E-state index contributed by atoms with van der Waals surface area (Å²) in [6, 6.07) is 2.04. The third kappa shape index (κ3) is 1.82. The summed E-state index contributed by atoms with van der Waals surface area (Å²) in [5.41, 5.74) is 4.55. The number of rotatable bonds is 3. The Labute approximate surface area is 101 Å². The van der Waals surface area contributed by atoms with Gasteiger partial charge in [0.1, 0.15) is 5.75 Å². The first-order valence-corrected chi connectivity index (χ1v) is 5.91. The molecule has 3 nitrogen and oxygen atoms in total. The molecule has 0 saturated carbocycles. The normalized spacial score (nSPS) is 16.2. The van der Waals surface area contributed by atoms with Crippen molar-refractivity contribution in [3.05, 3.63) is 41.0 Å². The lowest BCUT2D eigenvalue weighted by molar-refractivity contribution is 0.318. The third-order valence-corrected chi connectivity index (χ3v) is 3.35. The minimum absolute atomic E-state index is 0.252. The molecule has 1 aliphatic rings. The largest absolute Gasteiger partial charge is 0.507 e. The van der Waals surface area contributed by atoms with Gasteiger partial charge in [0.25, 0.3) is 0 Å². The predicted molar refractivity (Wildman–Crippen MR) is 68.0 cm³/mol. The SMILES string of the molecule is C=CCc1cc(CC)c2c(c1O)/C(=N\O)CC2. The standard InChI is InChI=1S/C14H17NO2/c1-3-5-10-8-9(4-2)11-6-7-12(15-17)13(11)14(10)16/h3,8,16-17H,1,4-7H2,2H3/b15-12-. The zero-order valence-corrected chi connectivity index (χ0v) is 10.0. The molecule has 3 heteroatoms. The number of aryl methyl sites for hydroxylation is 1. The third-order valence-electron chi connectivity index (χ3n) is 3.35. The molecule has 1 aliphatic carbocycles. The molecule has 2 N–H and O–H groups in total. The zero-order chi connectivity index (χ0) is 12.4. The van der Waals surface area contributed by atoms with Gasteiger partial charge in [-0.25, -0.2) is 0 Å². The van der Waals surface area contributed by atoms with E-state index in [0.29, 0.717) is 18.6 Å². The van der Waals surface area contributed by atoms with Crippen molar-refractivity contribution < 1.29 is 10.3 Å². The molecule has 0 aromatic heterocycles. The molecule has 0 atom stereocenters. The maximum absolute atomic E-state index is 10.2. The molecule has 0 saturated heterocycles. The topological polar surface area (TPSA) is 52.8 Å². The first-order valence-electron chi connectivity index (χ1n) is 5.91. The van der Waals surface area contributed by atoms with Crippen molar-refractivity contribution in [2.24, 2.45) is 5.16 Å². The number of phenols is 1. The van der Waals surface area contributed by atoms with E-state index >= 15 is 0 Å². The predicted octanol–water partition coefficient (Wildman–Crippen LogP) is 2.81. The van der Waals surface area contributed by atoms with Gasteiger partial charge in [0.05, 0.1) is 5.71 Å². The molecular weight excluding hydrogens is 214 g/mol. The lowest BCUT2D eigenvalue weighted by atomic mass is 9.95. The van der Waals surface area contributed by atoms with Crippen LogP contribution >= 0.6 is 0 Å². The fourth-order valence-corrected chi connectivity index (χ4v) is 2.52. The number of hydrogen-bond acceptors (Lipinski definition) is 3. The van der Waals surface area contributed by atoms with Gasteiger partial charge in [-0.2, -0.15) is 0 Å². The van der Waals surface area contributed by atoms with Crippen LogP contribution in [0.2, 0.25) is 0 Å². The molecule has 0 spiro atoms.